The molecule has 0 fully saturated rings. The molecule has 0 bridgehead atoms. The maximum Gasteiger partial charge on any atom is 0.340 e. The highest BCUT2D eigenvalue weighted by molar-refractivity contribution is 6.02. The van der Waals surface area contributed by atoms with Gasteiger partial charge < -0.3 is 14.7 Å². The summed E-state index contributed by atoms with van der Waals surface area (Å²) in [4.78, 5) is 20.4. The summed E-state index contributed by atoms with van der Waals surface area (Å²) in [5.74, 6) is -0.729. The van der Waals surface area contributed by atoms with Crippen LogP contribution in [0.1, 0.15) is 28.8 Å². The van der Waals surface area contributed by atoms with Crippen LogP contribution in [0.5, 0.6) is 11.5 Å². The van der Waals surface area contributed by atoms with Crippen molar-refractivity contribution in [3.63, 3.8) is 0 Å². The van der Waals surface area contributed by atoms with Gasteiger partial charge in [-0.3, -0.25) is 0 Å². The van der Waals surface area contributed by atoms with Crippen LogP contribution < -0.4 is 4.74 Å². The van der Waals surface area contributed by atoms with Crippen molar-refractivity contribution in [2.45, 2.75) is 26.7 Å². The third kappa shape index (κ3) is 4.57. The van der Waals surface area contributed by atoms with E-state index in [0.29, 0.717) is 29.1 Å². The number of aryl methyl sites for hydroxylation is 1. The second-order valence-corrected chi connectivity index (χ2v) is 8.60. The van der Waals surface area contributed by atoms with E-state index < -0.39 is 11.8 Å². The zero-order valence-electron chi connectivity index (χ0n) is 19.3. The van der Waals surface area contributed by atoms with Crippen LogP contribution in [0.3, 0.4) is 0 Å². The monoisotopic (exact) mass is 470 g/mol. The molecule has 0 radical (unpaired) electrons. The van der Waals surface area contributed by atoms with Gasteiger partial charge in [0.05, 0.1) is 6.42 Å². The third-order valence-corrected chi connectivity index (χ3v) is 6.15. The summed E-state index contributed by atoms with van der Waals surface area (Å²) >= 11 is 0. The van der Waals surface area contributed by atoms with Crippen molar-refractivity contribution in [1.82, 2.24) is 4.98 Å². The Hall–Kier alpha value is -4.26. The molecule has 4 aromatic rings. The highest BCUT2D eigenvalue weighted by atomic mass is 19.1. The number of hydrogen-bond donors (Lipinski definition) is 1. The zero-order chi connectivity index (χ0) is 24.5. The number of pyridine rings is 1. The minimum Gasteiger partial charge on any atom is -0.506 e. The van der Waals surface area contributed by atoms with Crippen LogP contribution in [0.4, 0.5) is 4.39 Å². The van der Waals surface area contributed by atoms with Crippen molar-refractivity contribution in [3.8, 4) is 22.8 Å². The quantitative estimate of drug-likeness (QED) is 0.369. The molecule has 7 heteroatoms. The van der Waals surface area contributed by atoms with E-state index in [0.717, 1.165) is 27.5 Å². The third-order valence-electron chi connectivity index (χ3n) is 6.15. The number of carbonyl (C=O) groups is 1. The lowest BCUT2D eigenvalue weighted by Crippen LogP contribution is -2.12. The lowest BCUT2D eigenvalue weighted by Gasteiger charge is -2.15. The molecule has 0 aliphatic carbocycles. The number of oxime groups is 1. The van der Waals surface area contributed by atoms with Crippen molar-refractivity contribution in [3.05, 3.63) is 88.9 Å². The molecule has 1 aliphatic heterocycles. The Kier molecular flexibility index (Phi) is 5.91. The molecule has 2 heterocycles. The normalized spacial score (nSPS) is 13.1. The number of benzene rings is 3. The summed E-state index contributed by atoms with van der Waals surface area (Å²) < 4.78 is 20.7. The Labute approximate surface area is 201 Å². The summed E-state index contributed by atoms with van der Waals surface area (Å²) in [6.07, 6.45) is 0.439. The fourth-order valence-corrected chi connectivity index (χ4v) is 4.24. The largest absolute Gasteiger partial charge is 0.506 e. The second kappa shape index (κ2) is 9.18. The van der Waals surface area contributed by atoms with Gasteiger partial charge in [-0.2, -0.15) is 0 Å². The number of halogens is 1. The predicted molar refractivity (Wildman–Crippen MR) is 131 cm³/mol. The van der Waals surface area contributed by atoms with Crippen LogP contribution in [-0.4, -0.2) is 28.4 Å². The van der Waals surface area contributed by atoms with Crippen molar-refractivity contribution in [1.29, 1.82) is 0 Å². The van der Waals surface area contributed by atoms with Crippen molar-refractivity contribution in [2.24, 2.45) is 5.16 Å². The van der Waals surface area contributed by atoms with Gasteiger partial charge in [-0.1, -0.05) is 41.6 Å². The smallest absolute Gasteiger partial charge is 0.340 e. The number of rotatable bonds is 6. The van der Waals surface area contributed by atoms with Gasteiger partial charge in [0.25, 0.3) is 0 Å². The fourth-order valence-electron chi connectivity index (χ4n) is 4.24. The lowest BCUT2D eigenvalue weighted by atomic mass is 9.96. The van der Waals surface area contributed by atoms with Crippen LogP contribution in [0.15, 0.2) is 65.8 Å². The molecule has 0 saturated carbocycles. The molecule has 1 N–H and O–H groups in total. The Balaban J connectivity index is 1.41. The number of fused-ring (bicyclic) bond motifs is 1. The first-order valence-corrected chi connectivity index (χ1v) is 11.2. The first-order chi connectivity index (χ1) is 16.9. The van der Waals surface area contributed by atoms with E-state index in [4.69, 9.17) is 9.72 Å². The van der Waals surface area contributed by atoms with E-state index in [9.17, 15) is 9.90 Å². The van der Waals surface area contributed by atoms with Gasteiger partial charge in [-0.15, -0.1) is 0 Å². The van der Waals surface area contributed by atoms with Gasteiger partial charge in [0, 0.05) is 17.7 Å². The van der Waals surface area contributed by atoms with E-state index in [1.165, 1.54) is 0 Å². The zero-order valence-corrected chi connectivity index (χ0v) is 19.3. The molecule has 0 spiro atoms. The molecule has 3 aromatic carbocycles. The topological polar surface area (TPSA) is 81.0 Å². The number of carbonyl (C=O) groups excluding carboxylic acids is 1. The average Bonchev–Trinajstić information content (AvgIpc) is 3.28. The molecule has 5 rings (SSSR count). The van der Waals surface area contributed by atoms with Crippen molar-refractivity contribution >= 4 is 22.5 Å². The van der Waals surface area contributed by atoms with E-state index in [1.54, 1.807) is 25.1 Å². The molecule has 0 saturated heterocycles. The first-order valence-electron chi connectivity index (χ1n) is 11.2. The first kappa shape index (κ1) is 22.5. The fraction of sp³-hybridized carbons (Fsp3) is 0.179. The molecule has 0 unspecified atom stereocenters. The molecule has 0 atom stereocenters. The maximum atomic E-state index is 15.1. The molecule has 176 valence electrons. The van der Waals surface area contributed by atoms with Gasteiger partial charge in [0.1, 0.15) is 23.8 Å². The van der Waals surface area contributed by atoms with E-state index in [2.05, 4.69) is 9.99 Å². The van der Waals surface area contributed by atoms with E-state index >= 15 is 4.39 Å². The summed E-state index contributed by atoms with van der Waals surface area (Å²) in [5, 5.41) is 16.3. The number of nitrogens with zero attached hydrogens (tertiary/aromatic N) is 2. The highest BCUT2D eigenvalue weighted by Gasteiger charge is 2.20. The summed E-state index contributed by atoms with van der Waals surface area (Å²) in [7, 11) is 0. The molecular weight excluding hydrogens is 447 g/mol. The summed E-state index contributed by atoms with van der Waals surface area (Å²) in [6.45, 7) is 3.57. The number of hydrogen-bond acceptors (Lipinski definition) is 6. The van der Waals surface area contributed by atoms with E-state index in [1.807, 2.05) is 49.4 Å². The average molecular weight is 471 g/mol. The number of ether oxygens (including phenoxy) is 1. The molecule has 35 heavy (non-hydrogen) atoms. The Bertz CT molecular complexity index is 1500. The van der Waals surface area contributed by atoms with Gasteiger partial charge in [-0.05, 0) is 65.6 Å². The van der Waals surface area contributed by atoms with Crippen LogP contribution in [0.2, 0.25) is 0 Å². The molecular formula is C28H23FN2O4. The molecule has 1 aliphatic rings. The minimum absolute atomic E-state index is 0.0183. The van der Waals surface area contributed by atoms with Crippen LogP contribution in [-0.2, 0) is 16.1 Å². The van der Waals surface area contributed by atoms with Gasteiger partial charge in [-0.25, -0.2) is 14.2 Å². The standard InChI is InChI=1S/C28H23FN2O4/c1-16-11-25(34-15-22-14-26(33)35-31-22)27(29)17(2)23(16)13-21-9-10-24(32)28(30-21)20-8-7-18-5-3-4-6-19(18)12-20/h3-12,32H,13-15H2,1-2H3. The summed E-state index contributed by atoms with van der Waals surface area (Å²) in [5.41, 5.74) is 4.53. The van der Waals surface area contributed by atoms with Crippen LogP contribution >= 0.6 is 0 Å². The number of aromatic nitrogens is 1. The van der Waals surface area contributed by atoms with Gasteiger partial charge >= 0.3 is 5.97 Å². The van der Waals surface area contributed by atoms with Gasteiger partial charge in [0.2, 0.25) is 0 Å². The van der Waals surface area contributed by atoms with Gasteiger partial charge in [0.15, 0.2) is 11.6 Å². The highest BCUT2D eigenvalue weighted by Crippen LogP contribution is 2.32. The second-order valence-electron chi connectivity index (χ2n) is 8.60. The van der Waals surface area contributed by atoms with E-state index in [-0.39, 0.29) is 24.5 Å². The molecule has 6 nitrogen and oxygen atoms in total. The SMILES string of the molecule is Cc1cc(OCC2=NOC(=O)C2)c(F)c(C)c1Cc1ccc(O)c(-c2ccc3ccccc3c2)n1. The number of aromatic hydroxyl groups is 1. The Morgan fingerprint density at radius 1 is 1.06 bits per heavy atom. The van der Waals surface area contributed by atoms with Crippen LogP contribution in [0.25, 0.3) is 22.0 Å². The van der Waals surface area contributed by atoms with Crippen molar-refractivity contribution in [2.75, 3.05) is 6.61 Å². The Morgan fingerprint density at radius 3 is 2.63 bits per heavy atom. The Morgan fingerprint density at radius 2 is 1.86 bits per heavy atom. The summed E-state index contributed by atoms with van der Waals surface area (Å²) in [6, 6.07) is 18.9. The molecule has 1 aromatic heterocycles. The lowest BCUT2D eigenvalue weighted by molar-refractivity contribution is -0.140. The van der Waals surface area contributed by atoms with Crippen molar-refractivity contribution < 1.29 is 23.9 Å². The predicted octanol–water partition coefficient (Wildman–Crippen LogP) is 5.64. The maximum absolute atomic E-state index is 15.1. The minimum atomic E-state index is -0.468. The molecule has 0 amide bonds. The van der Waals surface area contributed by atoms with Crippen LogP contribution in [0, 0.1) is 19.7 Å².